The van der Waals surface area contributed by atoms with Gasteiger partial charge in [-0.2, -0.15) is 0 Å². The number of benzene rings is 2. The first-order valence-corrected chi connectivity index (χ1v) is 10.0. The van der Waals surface area contributed by atoms with E-state index < -0.39 is 0 Å². The van der Waals surface area contributed by atoms with Crippen molar-refractivity contribution in [2.45, 2.75) is 19.3 Å². The third-order valence-corrected chi connectivity index (χ3v) is 5.30. The molecule has 1 fully saturated rings. The fraction of sp³-hybridized carbons (Fsp3) is 0.320. The third-order valence-electron chi connectivity index (χ3n) is 5.30. The van der Waals surface area contributed by atoms with E-state index in [4.69, 9.17) is 23.7 Å². The standard InChI is InChI=1S/C25H28O6/c1-27-19-14-22(29-3)20(23(15-19)30-4)13-18-8-6-7-17(25(18)26)11-16-9-10-21(28-2)24(12-16)31-5/h9-15H,6-8H2,1-5H3/b17-11+,18-13+. The van der Waals surface area contributed by atoms with Crippen LogP contribution in [0.1, 0.15) is 30.4 Å². The Balaban J connectivity index is 1.98. The Morgan fingerprint density at radius 1 is 0.677 bits per heavy atom. The molecule has 2 aromatic rings. The van der Waals surface area contributed by atoms with E-state index in [-0.39, 0.29) is 5.78 Å². The van der Waals surface area contributed by atoms with E-state index >= 15 is 0 Å². The quantitative estimate of drug-likeness (QED) is 0.586. The molecule has 1 saturated carbocycles. The van der Waals surface area contributed by atoms with E-state index in [1.807, 2.05) is 30.4 Å². The number of ketones is 1. The Labute approximate surface area is 183 Å². The van der Waals surface area contributed by atoms with Crippen LogP contribution in [0, 0.1) is 0 Å². The van der Waals surface area contributed by atoms with Gasteiger partial charge < -0.3 is 23.7 Å². The number of carbonyl (C=O) groups is 1. The van der Waals surface area contributed by atoms with E-state index in [2.05, 4.69) is 0 Å². The van der Waals surface area contributed by atoms with E-state index in [1.165, 1.54) is 0 Å². The van der Waals surface area contributed by atoms with Gasteiger partial charge in [0, 0.05) is 23.3 Å². The lowest BCUT2D eigenvalue weighted by Gasteiger charge is -2.18. The highest BCUT2D eigenvalue weighted by Gasteiger charge is 2.22. The number of ether oxygens (including phenoxy) is 5. The van der Waals surface area contributed by atoms with Crippen molar-refractivity contribution < 1.29 is 28.5 Å². The molecular weight excluding hydrogens is 396 g/mol. The predicted octanol–water partition coefficient (Wildman–Crippen LogP) is 4.95. The number of methoxy groups -OCH3 is 5. The summed E-state index contributed by atoms with van der Waals surface area (Å²) < 4.78 is 27.0. The van der Waals surface area contributed by atoms with Crippen LogP contribution in [0.15, 0.2) is 41.5 Å². The first-order valence-electron chi connectivity index (χ1n) is 10.0. The topological polar surface area (TPSA) is 63.2 Å². The van der Waals surface area contributed by atoms with Crippen LogP contribution in [0.3, 0.4) is 0 Å². The van der Waals surface area contributed by atoms with Crippen molar-refractivity contribution in [2.24, 2.45) is 0 Å². The van der Waals surface area contributed by atoms with Gasteiger partial charge in [-0.15, -0.1) is 0 Å². The highest BCUT2D eigenvalue weighted by molar-refractivity contribution is 6.14. The highest BCUT2D eigenvalue weighted by atomic mass is 16.5. The molecule has 0 heterocycles. The normalized spacial score (nSPS) is 16.4. The molecule has 0 atom stereocenters. The Morgan fingerprint density at radius 2 is 1.26 bits per heavy atom. The number of carbonyl (C=O) groups excluding carboxylic acids is 1. The molecule has 31 heavy (non-hydrogen) atoms. The van der Waals surface area contributed by atoms with Gasteiger partial charge in [-0.05, 0) is 49.1 Å². The van der Waals surface area contributed by atoms with Crippen molar-refractivity contribution in [2.75, 3.05) is 35.5 Å². The Hall–Kier alpha value is -3.41. The molecule has 0 spiro atoms. The lowest BCUT2D eigenvalue weighted by atomic mass is 9.86. The minimum absolute atomic E-state index is 0.0287. The number of allylic oxidation sites excluding steroid dienone is 2. The van der Waals surface area contributed by atoms with Crippen molar-refractivity contribution in [1.82, 2.24) is 0 Å². The Morgan fingerprint density at radius 3 is 1.81 bits per heavy atom. The fourth-order valence-electron chi connectivity index (χ4n) is 3.67. The lowest BCUT2D eigenvalue weighted by molar-refractivity contribution is -0.112. The van der Waals surface area contributed by atoms with Crippen LogP contribution in [0.25, 0.3) is 12.2 Å². The summed E-state index contributed by atoms with van der Waals surface area (Å²) in [5.41, 5.74) is 3.10. The molecule has 0 radical (unpaired) electrons. The summed E-state index contributed by atoms with van der Waals surface area (Å²) in [7, 11) is 7.95. The zero-order valence-corrected chi connectivity index (χ0v) is 18.6. The maximum absolute atomic E-state index is 13.2. The molecule has 164 valence electrons. The maximum atomic E-state index is 13.2. The molecule has 1 aliphatic carbocycles. The summed E-state index contributed by atoms with van der Waals surface area (Å²) in [6.45, 7) is 0. The van der Waals surface area contributed by atoms with E-state index in [0.29, 0.717) is 35.2 Å². The molecule has 0 bridgehead atoms. The summed E-state index contributed by atoms with van der Waals surface area (Å²) in [6.07, 6.45) is 6.08. The summed E-state index contributed by atoms with van der Waals surface area (Å²) >= 11 is 0. The molecule has 0 aliphatic heterocycles. The van der Waals surface area contributed by atoms with Gasteiger partial charge in [0.15, 0.2) is 17.3 Å². The van der Waals surface area contributed by atoms with Crippen LogP contribution in [0.4, 0.5) is 0 Å². The first kappa shape index (κ1) is 22.3. The molecule has 0 N–H and O–H groups in total. The summed E-state index contributed by atoms with van der Waals surface area (Å²) in [4.78, 5) is 13.2. The largest absolute Gasteiger partial charge is 0.496 e. The average molecular weight is 424 g/mol. The third kappa shape index (κ3) is 4.85. The molecule has 6 heteroatoms. The van der Waals surface area contributed by atoms with Crippen LogP contribution in [-0.4, -0.2) is 41.3 Å². The molecule has 0 amide bonds. The SMILES string of the molecule is COc1cc(OC)c(/C=C2\CCC/C(=C\c3ccc(OC)c(OC)c3)C2=O)c(OC)c1. The van der Waals surface area contributed by atoms with Gasteiger partial charge in [0.2, 0.25) is 0 Å². The number of Topliss-reactive ketones (excluding diaryl/α,β-unsaturated/α-hetero) is 1. The van der Waals surface area contributed by atoms with Gasteiger partial charge in [0.05, 0.1) is 41.1 Å². The molecule has 0 aromatic heterocycles. The average Bonchev–Trinajstić information content (AvgIpc) is 2.81. The minimum Gasteiger partial charge on any atom is -0.496 e. The van der Waals surface area contributed by atoms with Gasteiger partial charge in [0.25, 0.3) is 0 Å². The Kier molecular flexibility index (Phi) is 7.23. The second-order valence-electron chi connectivity index (χ2n) is 7.08. The zero-order chi connectivity index (χ0) is 22.4. The highest BCUT2D eigenvalue weighted by Crippen LogP contribution is 2.38. The summed E-state index contributed by atoms with van der Waals surface area (Å²) in [5, 5.41) is 0. The second kappa shape index (κ2) is 10.1. The van der Waals surface area contributed by atoms with Gasteiger partial charge in [-0.1, -0.05) is 6.07 Å². The van der Waals surface area contributed by atoms with Gasteiger partial charge >= 0.3 is 0 Å². The first-order chi connectivity index (χ1) is 15.0. The van der Waals surface area contributed by atoms with E-state index in [9.17, 15) is 4.79 Å². The second-order valence-corrected chi connectivity index (χ2v) is 7.08. The Bertz CT molecular complexity index is 994. The zero-order valence-electron chi connectivity index (χ0n) is 18.6. The van der Waals surface area contributed by atoms with Gasteiger partial charge in [-0.25, -0.2) is 0 Å². The van der Waals surface area contributed by atoms with Crippen LogP contribution in [-0.2, 0) is 4.79 Å². The molecule has 3 rings (SSSR count). The van der Waals surface area contributed by atoms with Crippen molar-refractivity contribution in [3.05, 3.63) is 52.6 Å². The van der Waals surface area contributed by atoms with E-state index in [0.717, 1.165) is 35.1 Å². The van der Waals surface area contributed by atoms with Crippen LogP contribution in [0.5, 0.6) is 28.7 Å². The predicted molar refractivity (Wildman–Crippen MR) is 120 cm³/mol. The summed E-state index contributed by atoms with van der Waals surface area (Å²) in [6, 6.07) is 9.18. The molecule has 6 nitrogen and oxygen atoms in total. The molecule has 0 saturated heterocycles. The van der Waals surface area contributed by atoms with E-state index in [1.54, 1.807) is 47.7 Å². The molecule has 2 aromatic carbocycles. The van der Waals surface area contributed by atoms with Crippen molar-refractivity contribution in [1.29, 1.82) is 0 Å². The molecule has 0 unspecified atom stereocenters. The number of hydrogen-bond donors (Lipinski definition) is 0. The number of rotatable bonds is 7. The lowest BCUT2D eigenvalue weighted by Crippen LogP contribution is -2.12. The van der Waals surface area contributed by atoms with Crippen molar-refractivity contribution in [3.8, 4) is 28.7 Å². The summed E-state index contributed by atoms with van der Waals surface area (Å²) in [5.74, 6) is 3.11. The van der Waals surface area contributed by atoms with Crippen molar-refractivity contribution in [3.63, 3.8) is 0 Å². The molecular formula is C25H28O6. The smallest absolute Gasteiger partial charge is 0.185 e. The van der Waals surface area contributed by atoms with Crippen LogP contribution in [0.2, 0.25) is 0 Å². The van der Waals surface area contributed by atoms with Gasteiger partial charge in [0.1, 0.15) is 17.2 Å². The minimum atomic E-state index is 0.0287. The number of hydrogen-bond acceptors (Lipinski definition) is 6. The maximum Gasteiger partial charge on any atom is 0.185 e. The van der Waals surface area contributed by atoms with Crippen LogP contribution < -0.4 is 23.7 Å². The molecule has 1 aliphatic rings. The monoisotopic (exact) mass is 424 g/mol. The van der Waals surface area contributed by atoms with Gasteiger partial charge in [-0.3, -0.25) is 4.79 Å². The fourth-order valence-corrected chi connectivity index (χ4v) is 3.67. The van der Waals surface area contributed by atoms with Crippen LogP contribution >= 0.6 is 0 Å². The van der Waals surface area contributed by atoms with Crippen molar-refractivity contribution >= 4 is 17.9 Å².